The van der Waals surface area contributed by atoms with E-state index in [2.05, 4.69) is 5.32 Å². The van der Waals surface area contributed by atoms with Gasteiger partial charge in [0.15, 0.2) is 0 Å². The summed E-state index contributed by atoms with van der Waals surface area (Å²) < 4.78 is 18.2. The molecule has 0 saturated carbocycles. The fraction of sp³-hybridized carbons (Fsp3) is 0.417. The lowest BCUT2D eigenvalue weighted by Crippen LogP contribution is -2.27. The van der Waals surface area contributed by atoms with Crippen molar-refractivity contribution >= 4 is 34.8 Å². The van der Waals surface area contributed by atoms with Crippen LogP contribution in [0.25, 0.3) is 0 Å². The first-order valence-electron chi connectivity index (χ1n) is 5.27. The van der Waals surface area contributed by atoms with E-state index in [9.17, 15) is 9.18 Å². The molecule has 0 aliphatic rings. The third-order valence-electron chi connectivity index (χ3n) is 1.91. The van der Waals surface area contributed by atoms with Crippen LogP contribution in [0, 0.1) is 5.82 Å². The molecule has 1 aromatic rings. The lowest BCUT2D eigenvalue weighted by molar-refractivity contribution is -0.125. The first-order valence-corrected chi connectivity index (χ1v) is 6.03. The predicted molar refractivity (Wildman–Crippen MR) is 70.8 cm³/mol. The van der Waals surface area contributed by atoms with Crippen LogP contribution in [0.2, 0.25) is 10.0 Å². The van der Waals surface area contributed by atoms with Gasteiger partial charge in [0.25, 0.3) is 0 Å². The largest absolute Gasteiger partial charge is 0.366 e. The fourth-order valence-electron chi connectivity index (χ4n) is 1.12. The highest BCUT2D eigenvalue weighted by Gasteiger charge is 2.15. The van der Waals surface area contributed by atoms with Gasteiger partial charge in [-0.3, -0.25) is 4.79 Å². The van der Waals surface area contributed by atoms with Crippen LogP contribution >= 0.6 is 23.2 Å². The van der Waals surface area contributed by atoms with Crippen molar-refractivity contribution in [1.82, 2.24) is 0 Å². The van der Waals surface area contributed by atoms with Crippen molar-refractivity contribution in [1.29, 1.82) is 0 Å². The Labute approximate surface area is 115 Å². The third-order valence-corrected chi connectivity index (χ3v) is 2.50. The Morgan fingerprint density at radius 2 is 1.83 bits per heavy atom. The van der Waals surface area contributed by atoms with E-state index in [4.69, 9.17) is 27.9 Å². The molecular formula is C12H14Cl2FNO2. The van der Waals surface area contributed by atoms with Gasteiger partial charge in [-0.15, -0.1) is 0 Å². The highest BCUT2D eigenvalue weighted by molar-refractivity contribution is 6.39. The summed E-state index contributed by atoms with van der Waals surface area (Å²) in [6.45, 7) is 5.36. The number of anilines is 1. The van der Waals surface area contributed by atoms with Gasteiger partial charge in [0.05, 0.1) is 21.3 Å². The number of hydrogen-bond acceptors (Lipinski definition) is 2. The van der Waals surface area contributed by atoms with Gasteiger partial charge in [-0.1, -0.05) is 23.2 Å². The standard InChI is InChI=1S/C12H14Cl2FNO2/c1-12(2,3)18-6-10(17)16-11-8(13)4-7(15)5-9(11)14/h4-5H,6H2,1-3H3,(H,16,17). The molecule has 0 heterocycles. The highest BCUT2D eigenvalue weighted by Crippen LogP contribution is 2.31. The second-order valence-electron chi connectivity index (χ2n) is 4.69. The molecule has 6 heteroatoms. The average molecular weight is 294 g/mol. The molecule has 3 nitrogen and oxygen atoms in total. The Bertz CT molecular complexity index is 435. The molecule has 1 rings (SSSR count). The van der Waals surface area contributed by atoms with Gasteiger partial charge in [0.1, 0.15) is 12.4 Å². The van der Waals surface area contributed by atoms with Crippen molar-refractivity contribution in [2.75, 3.05) is 11.9 Å². The van der Waals surface area contributed by atoms with Gasteiger partial charge in [0.2, 0.25) is 5.91 Å². The van der Waals surface area contributed by atoms with Crippen LogP contribution in [0.15, 0.2) is 12.1 Å². The molecule has 1 N–H and O–H groups in total. The first-order chi connectivity index (χ1) is 8.19. The minimum absolute atomic E-state index is 0.0455. The van der Waals surface area contributed by atoms with Crippen molar-refractivity contribution in [3.05, 3.63) is 28.0 Å². The summed E-state index contributed by atoms with van der Waals surface area (Å²) in [6, 6.07) is 2.15. The number of halogens is 3. The van der Waals surface area contributed by atoms with Crippen LogP contribution in [-0.2, 0) is 9.53 Å². The lowest BCUT2D eigenvalue weighted by atomic mass is 10.2. The molecule has 0 atom stereocenters. The van der Waals surface area contributed by atoms with Gasteiger partial charge in [0, 0.05) is 0 Å². The number of hydrogen-bond donors (Lipinski definition) is 1. The van der Waals surface area contributed by atoms with E-state index in [1.807, 2.05) is 20.8 Å². The van der Waals surface area contributed by atoms with Crippen LogP contribution in [0.1, 0.15) is 20.8 Å². The number of carbonyl (C=O) groups is 1. The summed E-state index contributed by atoms with van der Waals surface area (Å²) in [5.41, 5.74) is -0.240. The van der Waals surface area contributed by atoms with E-state index in [-0.39, 0.29) is 22.3 Å². The van der Waals surface area contributed by atoms with Crippen LogP contribution < -0.4 is 5.32 Å². The van der Waals surface area contributed by atoms with Gasteiger partial charge in [-0.05, 0) is 32.9 Å². The van der Waals surface area contributed by atoms with Crippen LogP contribution in [-0.4, -0.2) is 18.1 Å². The van der Waals surface area contributed by atoms with E-state index < -0.39 is 17.3 Å². The molecule has 18 heavy (non-hydrogen) atoms. The molecule has 0 radical (unpaired) electrons. The normalized spacial score (nSPS) is 11.4. The van der Waals surface area contributed by atoms with E-state index >= 15 is 0 Å². The zero-order valence-corrected chi connectivity index (χ0v) is 11.8. The predicted octanol–water partition coefficient (Wildman–Crippen LogP) is 3.89. The molecular weight excluding hydrogens is 280 g/mol. The monoisotopic (exact) mass is 293 g/mol. The third kappa shape index (κ3) is 4.80. The number of amides is 1. The van der Waals surface area contributed by atoms with Crippen molar-refractivity contribution < 1.29 is 13.9 Å². The minimum atomic E-state index is -0.561. The zero-order chi connectivity index (χ0) is 13.9. The van der Waals surface area contributed by atoms with Crippen molar-refractivity contribution in [3.63, 3.8) is 0 Å². The molecule has 0 aliphatic carbocycles. The lowest BCUT2D eigenvalue weighted by Gasteiger charge is -2.19. The molecule has 0 saturated heterocycles. The quantitative estimate of drug-likeness (QED) is 0.918. The fourth-order valence-corrected chi connectivity index (χ4v) is 1.67. The van der Waals surface area contributed by atoms with Gasteiger partial charge in [-0.25, -0.2) is 4.39 Å². The van der Waals surface area contributed by atoms with Crippen LogP contribution in [0.4, 0.5) is 10.1 Å². The van der Waals surface area contributed by atoms with E-state index in [1.165, 1.54) is 0 Å². The maximum absolute atomic E-state index is 12.9. The van der Waals surface area contributed by atoms with Crippen LogP contribution in [0.3, 0.4) is 0 Å². The van der Waals surface area contributed by atoms with E-state index in [0.717, 1.165) is 12.1 Å². The van der Waals surface area contributed by atoms with Gasteiger partial charge < -0.3 is 10.1 Å². The summed E-state index contributed by atoms with van der Waals surface area (Å²) in [4.78, 5) is 11.6. The number of ether oxygens (including phenoxy) is 1. The Morgan fingerprint density at radius 1 is 1.33 bits per heavy atom. The highest BCUT2D eigenvalue weighted by atomic mass is 35.5. The molecule has 0 fully saturated rings. The summed E-state index contributed by atoms with van der Waals surface area (Å²) in [7, 11) is 0. The average Bonchev–Trinajstić information content (AvgIpc) is 2.19. The number of nitrogens with one attached hydrogen (secondary N) is 1. The van der Waals surface area contributed by atoms with Gasteiger partial charge >= 0.3 is 0 Å². The second kappa shape index (κ2) is 5.87. The number of carbonyl (C=O) groups excluding carboxylic acids is 1. The molecule has 1 amide bonds. The number of benzene rings is 1. The smallest absolute Gasteiger partial charge is 0.250 e. The van der Waals surface area contributed by atoms with Crippen LogP contribution in [0.5, 0.6) is 0 Å². The molecule has 0 spiro atoms. The zero-order valence-electron chi connectivity index (χ0n) is 10.3. The first kappa shape index (κ1) is 15.2. The summed E-state index contributed by atoms with van der Waals surface area (Å²) in [5.74, 6) is -0.964. The SMILES string of the molecule is CC(C)(C)OCC(=O)Nc1c(Cl)cc(F)cc1Cl. The van der Waals surface area contributed by atoms with Crippen molar-refractivity contribution in [2.24, 2.45) is 0 Å². The topological polar surface area (TPSA) is 38.3 Å². The van der Waals surface area contributed by atoms with Crippen molar-refractivity contribution in [2.45, 2.75) is 26.4 Å². The van der Waals surface area contributed by atoms with E-state index in [1.54, 1.807) is 0 Å². The molecule has 0 aliphatic heterocycles. The maximum Gasteiger partial charge on any atom is 0.250 e. The number of rotatable bonds is 3. The van der Waals surface area contributed by atoms with Crippen molar-refractivity contribution in [3.8, 4) is 0 Å². The van der Waals surface area contributed by atoms with Gasteiger partial charge in [-0.2, -0.15) is 0 Å². The molecule has 0 unspecified atom stereocenters. The second-order valence-corrected chi connectivity index (χ2v) is 5.51. The Balaban J connectivity index is 2.71. The summed E-state index contributed by atoms with van der Waals surface area (Å²) in [6.07, 6.45) is 0. The molecule has 0 aromatic heterocycles. The minimum Gasteiger partial charge on any atom is -0.366 e. The molecule has 1 aromatic carbocycles. The summed E-state index contributed by atoms with van der Waals surface area (Å²) >= 11 is 11.6. The Kier molecular flexibility index (Phi) is 4.96. The van der Waals surface area contributed by atoms with E-state index in [0.29, 0.717) is 0 Å². The Hall–Kier alpha value is -0.840. The Morgan fingerprint density at radius 3 is 2.28 bits per heavy atom. The maximum atomic E-state index is 12.9. The summed E-state index contributed by atoms with van der Waals surface area (Å²) in [5, 5.41) is 2.57. The molecule has 100 valence electrons. The molecule has 0 bridgehead atoms.